The van der Waals surface area contributed by atoms with Crippen molar-refractivity contribution in [2.45, 2.75) is 123 Å². The summed E-state index contributed by atoms with van der Waals surface area (Å²) in [4.78, 5) is 65.0. The van der Waals surface area contributed by atoms with Crippen molar-refractivity contribution in [3.05, 3.63) is 60.7 Å². The maximum absolute atomic E-state index is 14.9. The molecule has 3 rings (SSSR count). The average molecular weight is 1030 g/mol. The number of esters is 2. The number of alkyl carbamates (subject to hydrolysis) is 1. The highest BCUT2D eigenvalue weighted by Crippen LogP contribution is 2.52. The summed E-state index contributed by atoms with van der Waals surface area (Å²) >= 11 is 34.5. The summed E-state index contributed by atoms with van der Waals surface area (Å²) in [6.07, 6.45) is -2.46. The number of Topliss-reactive ketones (excluding diaryl/α,β-unsaturated/α-hetero) is 1. The van der Waals surface area contributed by atoms with Gasteiger partial charge in [-0.25, -0.2) is 14.2 Å². The summed E-state index contributed by atoms with van der Waals surface area (Å²) in [5, 5.41) is 2.35. The van der Waals surface area contributed by atoms with Gasteiger partial charge in [0.25, 0.3) is 0 Å². The van der Waals surface area contributed by atoms with E-state index in [0.717, 1.165) is 39.0 Å². The van der Waals surface area contributed by atoms with Gasteiger partial charge in [-0.3, -0.25) is 18.9 Å². The second kappa shape index (κ2) is 27.5. The Morgan fingerprint density at radius 2 is 1.22 bits per heavy atom. The lowest BCUT2D eigenvalue weighted by molar-refractivity contribution is -0.263. The average Bonchev–Trinajstić information content (AvgIpc) is 3.21. The number of carbonyl (C=O) groups is 5. The van der Waals surface area contributed by atoms with E-state index < -0.39 is 96.5 Å². The number of phosphoric ester groups is 1. The van der Waals surface area contributed by atoms with Gasteiger partial charge in [-0.2, -0.15) is 0 Å². The van der Waals surface area contributed by atoms with Gasteiger partial charge in [0.15, 0.2) is 6.10 Å². The molecule has 16 nitrogen and oxygen atoms in total. The lowest BCUT2D eigenvalue weighted by Gasteiger charge is -2.45. The highest BCUT2D eigenvalue weighted by molar-refractivity contribution is 7.49. The number of phosphoric acid groups is 1. The zero-order valence-corrected chi connectivity index (χ0v) is 39.8. The predicted octanol–water partition coefficient (Wildman–Crippen LogP) is 10.7. The lowest BCUT2D eigenvalue weighted by atomic mass is 9.96. The molecule has 0 spiro atoms. The summed E-state index contributed by atoms with van der Waals surface area (Å²) in [7, 11) is -4.99. The molecular weight excluding hydrogens is 978 g/mol. The van der Waals surface area contributed by atoms with E-state index in [1.54, 1.807) is 36.4 Å². The number of para-hydroxylation sites is 2. The normalized spacial score (nSPS) is 19.0. The van der Waals surface area contributed by atoms with Gasteiger partial charge in [0, 0.05) is 19.8 Å². The van der Waals surface area contributed by atoms with Crippen molar-refractivity contribution in [1.82, 2.24) is 5.32 Å². The van der Waals surface area contributed by atoms with Gasteiger partial charge in [-0.05, 0) is 30.7 Å². The number of nitrogens with one attached hydrogen (secondary N) is 1. The molecule has 63 heavy (non-hydrogen) atoms. The minimum Gasteiger partial charge on any atom is -0.457 e. The molecule has 0 aliphatic carbocycles. The number of alkyl halides is 6. The summed E-state index contributed by atoms with van der Waals surface area (Å²) in [5.74, 6) is -2.22. The maximum Gasteiger partial charge on any atom is 0.588 e. The number of amides is 1. The monoisotopic (exact) mass is 1030 g/mol. The van der Waals surface area contributed by atoms with Crippen molar-refractivity contribution in [2.24, 2.45) is 0 Å². The first kappa shape index (κ1) is 54.4. The van der Waals surface area contributed by atoms with Crippen LogP contribution >= 0.6 is 77.4 Å². The molecule has 0 saturated carbocycles. The van der Waals surface area contributed by atoms with E-state index in [-0.39, 0.29) is 30.1 Å². The van der Waals surface area contributed by atoms with Crippen molar-refractivity contribution in [3.63, 3.8) is 0 Å². The first-order valence-electron chi connectivity index (χ1n) is 19.9. The Morgan fingerprint density at radius 1 is 0.683 bits per heavy atom. The Balaban J connectivity index is 2.03. The minimum atomic E-state index is -4.99. The molecular formula is C40H50Cl6NO15P. The third-order valence-corrected chi connectivity index (χ3v) is 10.7. The van der Waals surface area contributed by atoms with Crippen LogP contribution in [-0.4, -0.2) is 88.0 Å². The number of carbonyl (C=O) groups excluding carboxylic acids is 5. The Hall–Kier alpha value is -2.92. The van der Waals surface area contributed by atoms with Crippen molar-refractivity contribution < 1.29 is 70.5 Å². The topological polar surface area (TPSA) is 198 Å². The minimum absolute atomic E-state index is 0.0112. The van der Waals surface area contributed by atoms with E-state index in [0.29, 0.717) is 6.42 Å². The third kappa shape index (κ3) is 22.7. The fraction of sp³-hybridized carbons (Fsp3) is 0.575. The van der Waals surface area contributed by atoms with Crippen LogP contribution in [0.3, 0.4) is 0 Å². The molecule has 1 heterocycles. The molecule has 5 atom stereocenters. The summed E-state index contributed by atoms with van der Waals surface area (Å²) in [5.41, 5.74) is 0. The zero-order chi connectivity index (χ0) is 46.5. The van der Waals surface area contributed by atoms with Crippen molar-refractivity contribution in [2.75, 3.05) is 19.8 Å². The van der Waals surface area contributed by atoms with Crippen LogP contribution in [0.15, 0.2) is 60.7 Å². The maximum atomic E-state index is 14.9. The molecule has 1 saturated heterocycles. The van der Waals surface area contributed by atoms with E-state index in [9.17, 15) is 28.5 Å². The van der Waals surface area contributed by atoms with Crippen LogP contribution in [-0.2, 0) is 51.9 Å². The highest BCUT2D eigenvalue weighted by atomic mass is 35.6. The largest absolute Gasteiger partial charge is 0.588 e. The molecule has 0 aromatic heterocycles. The van der Waals surface area contributed by atoms with E-state index in [2.05, 4.69) is 12.2 Å². The Morgan fingerprint density at radius 3 is 1.76 bits per heavy atom. The van der Waals surface area contributed by atoms with E-state index in [4.69, 9.17) is 112 Å². The van der Waals surface area contributed by atoms with Crippen molar-refractivity contribution in [3.8, 4) is 11.5 Å². The van der Waals surface area contributed by atoms with Gasteiger partial charge in [-0.1, -0.05) is 158 Å². The van der Waals surface area contributed by atoms with Crippen LogP contribution in [0.2, 0.25) is 0 Å². The van der Waals surface area contributed by atoms with Gasteiger partial charge in [0.1, 0.15) is 55.4 Å². The fourth-order valence-electron chi connectivity index (χ4n) is 5.84. The molecule has 1 N–H and O–H groups in total. The first-order chi connectivity index (χ1) is 29.8. The molecule has 1 aliphatic rings. The molecule has 1 aliphatic heterocycles. The van der Waals surface area contributed by atoms with Gasteiger partial charge in [-0.15, -0.1) is 0 Å². The van der Waals surface area contributed by atoms with Gasteiger partial charge >= 0.3 is 32.0 Å². The highest BCUT2D eigenvalue weighted by Gasteiger charge is 2.55. The van der Waals surface area contributed by atoms with Crippen molar-refractivity contribution in [1.29, 1.82) is 0 Å². The number of benzene rings is 2. The number of unbranched alkanes of at least 4 members (excludes halogenated alkanes) is 7. The smallest absolute Gasteiger partial charge is 0.457 e. The Kier molecular flexibility index (Phi) is 23.8. The molecule has 2 aromatic carbocycles. The predicted molar refractivity (Wildman–Crippen MR) is 235 cm³/mol. The standard InChI is InChI=1S/C40H50Cl6NO15P/c1-3-4-5-6-7-8-9-12-17-28(49)22-23-32(50)59-35-33(47-37(51)55-25-39(41,42)43)36(57-27(2)48)58-31(24-54-38(52)56-26-40(44,45)46)34(35)62-63(53,60-29-18-13-10-14-19-29)61-30-20-15-11-16-21-30/h10-11,13-16,18-21,31,33-36H,3-9,12,17,22-26H2,1-2H3,(H,47,51)/t31-,33-,34-,35-,36?/m1/s1. The second-order valence-corrected chi connectivity index (χ2v) is 20.5. The Labute approximate surface area is 395 Å². The quantitative estimate of drug-likeness (QED) is 0.0324. The van der Waals surface area contributed by atoms with Crippen LogP contribution in [0.4, 0.5) is 9.59 Å². The third-order valence-electron chi connectivity index (χ3n) is 8.66. The van der Waals surface area contributed by atoms with Crippen LogP contribution < -0.4 is 14.4 Å². The molecule has 23 heteroatoms. The number of hydrogen-bond donors (Lipinski definition) is 1. The van der Waals surface area contributed by atoms with E-state index >= 15 is 0 Å². The van der Waals surface area contributed by atoms with Crippen LogP contribution in [0, 0.1) is 0 Å². The molecule has 1 amide bonds. The van der Waals surface area contributed by atoms with Crippen molar-refractivity contribution >= 4 is 107 Å². The van der Waals surface area contributed by atoms with E-state index in [1.807, 2.05) is 0 Å². The van der Waals surface area contributed by atoms with Gasteiger partial charge in [0.05, 0.1) is 6.42 Å². The number of halogens is 6. The molecule has 1 unspecified atom stereocenters. The molecule has 2 aromatic rings. The van der Waals surface area contributed by atoms with Gasteiger partial charge in [0.2, 0.25) is 13.9 Å². The number of ether oxygens (including phenoxy) is 6. The summed E-state index contributed by atoms with van der Waals surface area (Å²) in [6.45, 7) is 0.737. The Bertz CT molecular complexity index is 1740. The molecule has 1 fully saturated rings. The van der Waals surface area contributed by atoms with E-state index in [1.165, 1.54) is 37.1 Å². The molecule has 352 valence electrons. The lowest BCUT2D eigenvalue weighted by Crippen LogP contribution is -2.66. The number of hydrogen-bond acceptors (Lipinski definition) is 15. The molecule has 0 radical (unpaired) electrons. The number of rotatable bonds is 25. The number of ketones is 1. The van der Waals surface area contributed by atoms with Crippen LogP contribution in [0.1, 0.15) is 84.5 Å². The van der Waals surface area contributed by atoms with Gasteiger partial charge < -0.3 is 42.8 Å². The summed E-state index contributed by atoms with van der Waals surface area (Å²) < 4.78 is 60.9. The first-order valence-corrected chi connectivity index (χ1v) is 23.7. The van der Waals surface area contributed by atoms with Crippen LogP contribution in [0.25, 0.3) is 0 Å². The molecule has 0 bridgehead atoms. The zero-order valence-electron chi connectivity index (χ0n) is 34.4. The summed E-state index contributed by atoms with van der Waals surface area (Å²) in [6, 6.07) is 13.6. The SMILES string of the molecule is CCCCCCCCCCC(=O)CCC(=O)O[C@H]1[C@H](OP(=O)(Oc2ccccc2)Oc2ccccc2)[C@@H](COC(=O)OCC(Cl)(Cl)Cl)OC(OC(C)=O)[C@@H]1NC(=O)OCC(Cl)(Cl)Cl. The fourth-order valence-corrected chi connectivity index (χ4v) is 7.61. The van der Waals surface area contributed by atoms with Crippen LogP contribution in [0.5, 0.6) is 11.5 Å². The second-order valence-electron chi connectivity index (χ2n) is 14.0.